The standard InChI is InChI=1S/C64H40N4/c1-3-15-41(16-4-1)42-29-31-43(32-30-42)44-33-35-46(36-34-44)62-65-61(45-17-5-2-6-18-45)66-63(67-62)49-20-13-19-47(39-49)48-37-38-56-59(40-48)68-58-28-12-9-23-52(58)53-24-14-27-57(60(53)68)64(56)54-25-10-7-21-50(54)51-22-8-11-26-55(51)64/h1-40H. The number of para-hydroxylation sites is 2. The van der Waals surface area contributed by atoms with Crippen molar-refractivity contribution in [1.82, 2.24) is 19.5 Å². The first-order chi connectivity index (χ1) is 33.7. The molecule has 0 amide bonds. The second-order valence-electron chi connectivity index (χ2n) is 17.9. The van der Waals surface area contributed by atoms with Gasteiger partial charge in [-0.25, -0.2) is 15.0 Å². The zero-order valence-electron chi connectivity index (χ0n) is 36.9. The Kier molecular flexibility index (Phi) is 8.46. The highest BCUT2D eigenvalue weighted by Gasteiger charge is 2.50. The van der Waals surface area contributed by atoms with E-state index in [-0.39, 0.29) is 0 Å². The van der Waals surface area contributed by atoms with Crippen molar-refractivity contribution < 1.29 is 0 Å². The van der Waals surface area contributed by atoms with E-state index in [9.17, 15) is 0 Å². The van der Waals surface area contributed by atoms with Gasteiger partial charge in [0, 0.05) is 27.5 Å². The SMILES string of the molecule is c1ccc(-c2ccc(-c3ccc(-c4nc(-c5ccccc5)nc(-c5cccc(-c6ccc7c(c6)-n6c8ccccc8c8cccc(c86)C76c7ccccc7-c7ccccc76)c5)n4)cc3)cc2)cc1. The maximum absolute atomic E-state index is 5.19. The lowest BCUT2D eigenvalue weighted by atomic mass is 9.65. The molecule has 12 aromatic rings. The lowest BCUT2D eigenvalue weighted by Crippen LogP contribution is -2.33. The van der Waals surface area contributed by atoms with Crippen LogP contribution < -0.4 is 0 Å². The highest BCUT2D eigenvalue weighted by atomic mass is 15.0. The van der Waals surface area contributed by atoms with Gasteiger partial charge >= 0.3 is 0 Å². The van der Waals surface area contributed by atoms with Crippen molar-refractivity contribution in [3.05, 3.63) is 265 Å². The van der Waals surface area contributed by atoms with Gasteiger partial charge in [0.1, 0.15) is 0 Å². The van der Waals surface area contributed by atoms with Crippen LogP contribution >= 0.6 is 0 Å². The Labute approximate surface area is 394 Å². The molecule has 1 spiro atoms. The predicted molar refractivity (Wildman–Crippen MR) is 278 cm³/mol. The van der Waals surface area contributed by atoms with Crippen molar-refractivity contribution >= 4 is 21.8 Å². The van der Waals surface area contributed by atoms with Gasteiger partial charge in [-0.15, -0.1) is 0 Å². The van der Waals surface area contributed by atoms with Crippen LogP contribution in [-0.4, -0.2) is 19.5 Å². The van der Waals surface area contributed by atoms with E-state index in [4.69, 9.17) is 15.0 Å². The van der Waals surface area contributed by atoms with E-state index in [0.29, 0.717) is 17.5 Å². The average Bonchev–Trinajstić information content (AvgIpc) is 3.92. The number of aromatic nitrogens is 4. The molecule has 2 aromatic heterocycles. The van der Waals surface area contributed by atoms with E-state index in [1.54, 1.807) is 0 Å². The van der Waals surface area contributed by atoms with Crippen molar-refractivity contribution in [2.45, 2.75) is 5.41 Å². The molecule has 0 saturated carbocycles. The number of benzene rings is 10. The molecule has 0 N–H and O–H groups in total. The molecular weight excluding hydrogens is 825 g/mol. The van der Waals surface area contributed by atoms with Crippen molar-refractivity contribution in [2.75, 3.05) is 0 Å². The summed E-state index contributed by atoms with van der Waals surface area (Å²) < 4.78 is 2.52. The molecule has 2 aliphatic rings. The Balaban J connectivity index is 0.901. The molecule has 4 heteroatoms. The van der Waals surface area contributed by atoms with E-state index in [0.717, 1.165) is 38.9 Å². The highest BCUT2D eigenvalue weighted by Crippen LogP contribution is 2.61. The zero-order chi connectivity index (χ0) is 44.8. The number of rotatable bonds is 6. The summed E-state index contributed by atoms with van der Waals surface area (Å²) in [4.78, 5) is 15.4. The topological polar surface area (TPSA) is 43.6 Å². The third-order valence-corrected chi connectivity index (χ3v) is 14.3. The lowest BCUT2D eigenvalue weighted by Gasteiger charge is -2.39. The third-order valence-electron chi connectivity index (χ3n) is 14.3. The quantitative estimate of drug-likeness (QED) is 0.167. The summed E-state index contributed by atoms with van der Waals surface area (Å²) in [5.41, 5.74) is 20.7. The van der Waals surface area contributed by atoms with Gasteiger partial charge in [0.05, 0.1) is 22.1 Å². The number of nitrogens with zero attached hydrogens (tertiary/aromatic N) is 4. The smallest absolute Gasteiger partial charge is 0.164 e. The van der Waals surface area contributed by atoms with Crippen LogP contribution in [-0.2, 0) is 5.41 Å². The van der Waals surface area contributed by atoms with Crippen LogP contribution in [0.1, 0.15) is 22.3 Å². The van der Waals surface area contributed by atoms with Gasteiger partial charge in [-0.3, -0.25) is 0 Å². The lowest BCUT2D eigenvalue weighted by molar-refractivity contribution is 0.748. The van der Waals surface area contributed by atoms with Gasteiger partial charge in [0.25, 0.3) is 0 Å². The van der Waals surface area contributed by atoms with Gasteiger partial charge in [0.2, 0.25) is 0 Å². The summed E-state index contributed by atoms with van der Waals surface area (Å²) in [6, 6.07) is 87.5. The normalized spacial score (nSPS) is 12.8. The second-order valence-corrected chi connectivity index (χ2v) is 17.9. The van der Waals surface area contributed by atoms with Gasteiger partial charge in [-0.1, -0.05) is 224 Å². The third kappa shape index (κ3) is 5.71. The first-order valence-electron chi connectivity index (χ1n) is 23.3. The fraction of sp³-hybridized carbons (Fsp3) is 0.0156. The minimum atomic E-state index is -0.493. The maximum Gasteiger partial charge on any atom is 0.164 e. The monoisotopic (exact) mass is 864 g/mol. The molecule has 14 rings (SSSR count). The molecular formula is C64H40N4. The Hall–Kier alpha value is -8.99. The van der Waals surface area contributed by atoms with E-state index < -0.39 is 5.41 Å². The highest BCUT2D eigenvalue weighted by molar-refractivity contribution is 6.13. The summed E-state index contributed by atoms with van der Waals surface area (Å²) in [6.45, 7) is 0. The molecule has 3 heterocycles. The Bertz CT molecular complexity index is 3900. The van der Waals surface area contributed by atoms with Crippen LogP contribution in [0.5, 0.6) is 0 Å². The summed E-state index contributed by atoms with van der Waals surface area (Å²) in [5, 5.41) is 2.52. The number of fused-ring (bicyclic) bond motifs is 12. The van der Waals surface area contributed by atoms with E-state index in [1.165, 1.54) is 72.0 Å². The van der Waals surface area contributed by atoms with Crippen LogP contribution in [0.15, 0.2) is 243 Å². The molecule has 68 heavy (non-hydrogen) atoms. The molecule has 316 valence electrons. The first kappa shape index (κ1) is 38.3. The zero-order valence-corrected chi connectivity index (χ0v) is 36.9. The first-order valence-corrected chi connectivity index (χ1v) is 23.3. The van der Waals surface area contributed by atoms with Crippen LogP contribution in [0.3, 0.4) is 0 Å². The summed E-state index contributed by atoms with van der Waals surface area (Å²) in [5.74, 6) is 1.89. The van der Waals surface area contributed by atoms with Crippen LogP contribution in [0.25, 0.3) is 106 Å². The molecule has 0 bridgehead atoms. The van der Waals surface area contributed by atoms with Gasteiger partial charge < -0.3 is 4.57 Å². The van der Waals surface area contributed by atoms with Crippen molar-refractivity contribution in [3.63, 3.8) is 0 Å². The van der Waals surface area contributed by atoms with Crippen molar-refractivity contribution in [3.8, 4) is 84.4 Å². The fourth-order valence-corrected chi connectivity index (χ4v) is 11.2. The Morgan fingerprint density at radius 3 is 1.37 bits per heavy atom. The molecule has 0 unspecified atom stereocenters. The molecule has 0 fully saturated rings. The van der Waals surface area contributed by atoms with Crippen molar-refractivity contribution in [2.24, 2.45) is 0 Å². The molecule has 0 atom stereocenters. The number of hydrogen-bond acceptors (Lipinski definition) is 3. The Morgan fingerprint density at radius 2 is 0.706 bits per heavy atom. The summed E-state index contributed by atoms with van der Waals surface area (Å²) >= 11 is 0. The van der Waals surface area contributed by atoms with Crippen LogP contribution in [0, 0.1) is 0 Å². The number of hydrogen-bond donors (Lipinski definition) is 0. The van der Waals surface area contributed by atoms with E-state index in [1.807, 2.05) is 24.3 Å². The van der Waals surface area contributed by atoms with Gasteiger partial charge in [-0.05, 0) is 85.0 Å². The minimum absolute atomic E-state index is 0.493. The summed E-state index contributed by atoms with van der Waals surface area (Å²) in [6.07, 6.45) is 0. The van der Waals surface area contributed by atoms with Crippen molar-refractivity contribution in [1.29, 1.82) is 0 Å². The molecule has 0 radical (unpaired) electrons. The van der Waals surface area contributed by atoms with Gasteiger partial charge in [0.15, 0.2) is 17.5 Å². The average molecular weight is 865 g/mol. The fourth-order valence-electron chi connectivity index (χ4n) is 11.2. The second kappa shape index (κ2) is 15.0. The molecule has 1 aliphatic heterocycles. The van der Waals surface area contributed by atoms with Crippen LogP contribution in [0.4, 0.5) is 0 Å². The predicted octanol–water partition coefficient (Wildman–Crippen LogP) is 15.6. The Morgan fingerprint density at radius 1 is 0.279 bits per heavy atom. The summed E-state index contributed by atoms with van der Waals surface area (Å²) in [7, 11) is 0. The van der Waals surface area contributed by atoms with E-state index >= 15 is 0 Å². The van der Waals surface area contributed by atoms with E-state index in [2.05, 4.69) is 223 Å². The molecule has 10 aromatic carbocycles. The molecule has 1 aliphatic carbocycles. The van der Waals surface area contributed by atoms with Crippen LogP contribution in [0.2, 0.25) is 0 Å². The largest absolute Gasteiger partial charge is 0.309 e. The molecule has 0 saturated heterocycles. The maximum atomic E-state index is 5.19. The molecule has 4 nitrogen and oxygen atoms in total. The van der Waals surface area contributed by atoms with Gasteiger partial charge in [-0.2, -0.15) is 0 Å². The minimum Gasteiger partial charge on any atom is -0.309 e.